The smallest absolute Gasteiger partial charge is 0.313 e. The van der Waals surface area contributed by atoms with Gasteiger partial charge in [-0.1, -0.05) is 25.1 Å². The molecule has 0 radical (unpaired) electrons. The van der Waals surface area contributed by atoms with Gasteiger partial charge in [-0.15, -0.1) is 0 Å². The normalized spacial score (nSPS) is 12.0. The van der Waals surface area contributed by atoms with Crippen LogP contribution in [0, 0.1) is 7.14 Å². The van der Waals surface area contributed by atoms with Gasteiger partial charge in [-0.2, -0.15) is 0 Å². The van der Waals surface area contributed by atoms with Gasteiger partial charge in [-0.25, -0.2) is 0 Å². The van der Waals surface area contributed by atoms with E-state index in [4.69, 9.17) is 13.9 Å². The van der Waals surface area contributed by atoms with Crippen molar-refractivity contribution in [3.8, 4) is 5.75 Å². The molecular weight excluding hydrogens is 636 g/mol. The number of ketones is 1. The summed E-state index contributed by atoms with van der Waals surface area (Å²) in [6, 6.07) is 10.9. The molecule has 3 rings (SSSR count). The second-order valence-corrected chi connectivity index (χ2v) is 9.66. The van der Waals surface area contributed by atoms with Crippen LogP contribution in [-0.2, 0) is 16.0 Å². The first-order chi connectivity index (χ1) is 15.3. The third-order valence-corrected chi connectivity index (χ3v) is 6.57. The van der Waals surface area contributed by atoms with Crippen LogP contribution in [0.3, 0.4) is 0 Å². The SMILES string of the molecule is CC[C@@H](C)OC(=O)Cc1oc2ccccc2c1C(=O)c1cc(I)c(OCCNC)c(I)c1. The quantitative estimate of drug-likeness (QED) is 0.137. The molecule has 0 saturated carbocycles. The van der Waals surface area contributed by atoms with Crippen LogP contribution in [0.2, 0.25) is 0 Å². The predicted octanol–water partition coefficient (Wildman–Crippen LogP) is 5.36. The zero-order chi connectivity index (χ0) is 23.3. The van der Waals surface area contributed by atoms with Crippen molar-refractivity contribution in [1.82, 2.24) is 5.32 Å². The van der Waals surface area contributed by atoms with E-state index in [-0.39, 0.29) is 18.3 Å². The molecular formula is C24H25I2NO5. The largest absolute Gasteiger partial charge is 0.490 e. The van der Waals surface area contributed by atoms with Gasteiger partial charge in [0.05, 0.1) is 18.8 Å². The van der Waals surface area contributed by atoms with Crippen molar-refractivity contribution < 1.29 is 23.5 Å². The molecule has 0 fully saturated rings. The lowest BCUT2D eigenvalue weighted by molar-refractivity contribution is -0.147. The lowest BCUT2D eigenvalue weighted by atomic mass is 9.99. The highest BCUT2D eigenvalue weighted by Crippen LogP contribution is 2.33. The third-order valence-electron chi connectivity index (χ3n) is 4.97. The topological polar surface area (TPSA) is 77.8 Å². The van der Waals surface area contributed by atoms with Gasteiger partial charge in [0.2, 0.25) is 0 Å². The number of hydrogen-bond donors (Lipinski definition) is 1. The highest BCUT2D eigenvalue weighted by Gasteiger charge is 2.25. The molecule has 0 bridgehead atoms. The summed E-state index contributed by atoms with van der Waals surface area (Å²) in [7, 11) is 1.87. The Morgan fingerprint density at radius 1 is 1.16 bits per heavy atom. The van der Waals surface area contributed by atoms with Crippen LogP contribution in [0.1, 0.15) is 41.9 Å². The molecule has 6 nitrogen and oxygen atoms in total. The van der Waals surface area contributed by atoms with Crippen molar-refractivity contribution in [2.24, 2.45) is 0 Å². The van der Waals surface area contributed by atoms with E-state index >= 15 is 0 Å². The summed E-state index contributed by atoms with van der Waals surface area (Å²) in [6.45, 7) is 5.05. The number of carbonyl (C=O) groups is 2. The van der Waals surface area contributed by atoms with E-state index < -0.39 is 5.97 Å². The van der Waals surface area contributed by atoms with Gasteiger partial charge in [0.1, 0.15) is 30.1 Å². The number of nitrogens with one attached hydrogen (secondary N) is 1. The van der Waals surface area contributed by atoms with Crippen LogP contribution >= 0.6 is 45.2 Å². The molecule has 0 unspecified atom stereocenters. The molecule has 1 atom stereocenters. The summed E-state index contributed by atoms with van der Waals surface area (Å²) in [5.41, 5.74) is 1.48. The second-order valence-electron chi connectivity index (χ2n) is 7.33. The summed E-state index contributed by atoms with van der Waals surface area (Å²) in [5.74, 6) is 0.472. The minimum Gasteiger partial charge on any atom is -0.490 e. The first kappa shape index (κ1) is 25.0. The first-order valence-electron chi connectivity index (χ1n) is 10.4. The fraction of sp³-hybridized carbons (Fsp3) is 0.333. The third kappa shape index (κ3) is 5.82. The van der Waals surface area contributed by atoms with Crippen LogP contribution in [-0.4, -0.2) is 38.1 Å². The van der Waals surface area contributed by atoms with Crippen LogP contribution < -0.4 is 10.1 Å². The maximum atomic E-state index is 13.6. The molecule has 170 valence electrons. The van der Waals surface area contributed by atoms with E-state index in [2.05, 4.69) is 50.5 Å². The fourth-order valence-electron chi connectivity index (χ4n) is 3.18. The maximum absolute atomic E-state index is 13.6. The Labute approximate surface area is 214 Å². The van der Waals surface area contributed by atoms with Gasteiger partial charge in [0.15, 0.2) is 5.78 Å². The molecule has 0 aliphatic rings. The number of benzene rings is 2. The molecule has 1 aromatic heterocycles. The van der Waals surface area contributed by atoms with Crippen molar-refractivity contribution in [2.45, 2.75) is 32.8 Å². The minimum atomic E-state index is -0.412. The van der Waals surface area contributed by atoms with Gasteiger partial charge >= 0.3 is 5.97 Å². The van der Waals surface area contributed by atoms with E-state index in [1.54, 1.807) is 6.07 Å². The van der Waals surface area contributed by atoms with Crippen LogP contribution in [0.4, 0.5) is 0 Å². The Balaban J connectivity index is 1.98. The van der Waals surface area contributed by atoms with Gasteiger partial charge in [-0.05, 0) is 83.8 Å². The highest BCUT2D eigenvalue weighted by molar-refractivity contribution is 14.1. The number of ether oxygens (including phenoxy) is 2. The van der Waals surface area contributed by atoms with Crippen molar-refractivity contribution >= 4 is 67.9 Å². The average Bonchev–Trinajstić information content (AvgIpc) is 3.12. The summed E-state index contributed by atoms with van der Waals surface area (Å²) in [6.07, 6.45) is 0.432. The van der Waals surface area contributed by atoms with Crippen molar-refractivity contribution in [1.29, 1.82) is 0 Å². The Morgan fingerprint density at radius 3 is 2.50 bits per heavy atom. The second kappa shape index (κ2) is 11.5. The molecule has 0 aliphatic carbocycles. The van der Waals surface area contributed by atoms with Gasteiger partial charge < -0.3 is 19.2 Å². The minimum absolute atomic E-state index is 0.0977. The molecule has 0 amide bonds. The molecule has 0 saturated heterocycles. The predicted molar refractivity (Wildman–Crippen MR) is 140 cm³/mol. The average molecular weight is 661 g/mol. The molecule has 1 N–H and O–H groups in total. The Kier molecular flexibility index (Phi) is 8.95. The highest BCUT2D eigenvalue weighted by atomic mass is 127. The number of halogens is 2. The first-order valence-corrected chi connectivity index (χ1v) is 12.5. The van der Waals surface area contributed by atoms with Crippen molar-refractivity contribution in [2.75, 3.05) is 20.2 Å². The molecule has 3 aromatic rings. The standard InChI is InChI=1S/C24H25I2NO5/c1-4-14(2)31-21(28)13-20-22(16-7-5-6-8-19(16)32-20)23(29)15-11-17(25)24(18(26)12-15)30-10-9-27-3/h5-8,11-12,14,27H,4,9-10,13H2,1-3H3/t14-/m1/s1. The summed E-state index contributed by atoms with van der Waals surface area (Å²) >= 11 is 4.36. The fourth-order valence-corrected chi connectivity index (χ4v) is 5.26. The number of rotatable bonds is 10. The lowest BCUT2D eigenvalue weighted by Gasteiger charge is -2.12. The molecule has 8 heteroatoms. The molecule has 0 aliphatic heterocycles. The zero-order valence-corrected chi connectivity index (χ0v) is 22.5. The Morgan fingerprint density at radius 2 is 1.84 bits per heavy atom. The van der Waals surface area contributed by atoms with Crippen LogP contribution in [0.15, 0.2) is 40.8 Å². The van der Waals surface area contributed by atoms with Gasteiger partial charge in [-0.3, -0.25) is 9.59 Å². The molecule has 2 aromatic carbocycles. The van der Waals surface area contributed by atoms with Crippen molar-refractivity contribution in [3.05, 3.63) is 60.4 Å². The van der Waals surface area contributed by atoms with E-state index in [1.165, 1.54) is 0 Å². The van der Waals surface area contributed by atoms with Gasteiger partial charge in [0, 0.05) is 17.5 Å². The Hall–Kier alpha value is -1.66. The monoisotopic (exact) mass is 661 g/mol. The molecule has 0 spiro atoms. The lowest BCUT2D eigenvalue weighted by Crippen LogP contribution is -2.17. The number of carbonyl (C=O) groups excluding carboxylic acids is 2. The van der Waals surface area contributed by atoms with Crippen molar-refractivity contribution in [3.63, 3.8) is 0 Å². The summed E-state index contributed by atoms with van der Waals surface area (Å²) < 4.78 is 18.9. The summed E-state index contributed by atoms with van der Waals surface area (Å²) in [4.78, 5) is 26.0. The summed E-state index contributed by atoms with van der Waals surface area (Å²) in [5, 5.41) is 3.73. The Bertz CT molecular complexity index is 1100. The molecule has 1 heterocycles. The van der Waals surface area contributed by atoms with E-state index in [1.807, 2.05) is 51.2 Å². The molecule has 32 heavy (non-hydrogen) atoms. The van der Waals surface area contributed by atoms with Gasteiger partial charge in [0.25, 0.3) is 0 Å². The van der Waals surface area contributed by atoms with Crippen LogP contribution in [0.5, 0.6) is 5.75 Å². The van der Waals surface area contributed by atoms with E-state index in [9.17, 15) is 9.59 Å². The number of esters is 1. The number of furan rings is 1. The zero-order valence-electron chi connectivity index (χ0n) is 18.2. The number of hydrogen-bond acceptors (Lipinski definition) is 6. The number of fused-ring (bicyclic) bond motifs is 1. The maximum Gasteiger partial charge on any atom is 0.313 e. The van der Waals surface area contributed by atoms with E-state index in [0.29, 0.717) is 34.5 Å². The number of para-hydroxylation sites is 1. The number of likely N-dealkylation sites (N-methyl/N-ethyl adjacent to an activating group) is 1. The van der Waals surface area contributed by atoms with Crippen LogP contribution in [0.25, 0.3) is 11.0 Å². The van der Waals surface area contributed by atoms with E-state index in [0.717, 1.165) is 25.9 Å².